The summed E-state index contributed by atoms with van der Waals surface area (Å²) in [4.78, 5) is 11.0. The third-order valence-electron chi connectivity index (χ3n) is 2.41. The molecule has 3 nitrogen and oxygen atoms in total. The molecule has 0 radical (unpaired) electrons. The van der Waals surface area contributed by atoms with Gasteiger partial charge in [0.2, 0.25) is 5.91 Å². The van der Waals surface area contributed by atoms with Gasteiger partial charge < -0.3 is 10.1 Å². The molecule has 1 amide bonds. The molecular weight excluding hydrogens is 178 g/mol. The highest BCUT2D eigenvalue weighted by molar-refractivity contribution is 5.75. The molecule has 14 heavy (non-hydrogen) atoms. The van der Waals surface area contributed by atoms with Crippen LogP contribution in [-0.2, 0) is 9.53 Å². The monoisotopic (exact) mass is 199 g/mol. The molecule has 0 bridgehead atoms. The third-order valence-corrected chi connectivity index (χ3v) is 2.41. The lowest BCUT2D eigenvalue weighted by Gasteiger charge is -2.30. The second kappa shape index (κ2) is 5.81. The standard InChI is InChI=1S/C11H21NO2/c1-6-8-10(12-9(3)13)11(4,7-2)14-5/h8H,6-7H2,1-5H3,(H,12,13). The number of hydrogen-bond acceptors (Lipinski definition) is 2. The van der Waals surface area contributed by atoms with Crippen molar-refractivity contribution in [2.45, 2.75) is 46.1 Å². The van der Waals surface area contributed by atoms with Crippen molar-refractivity contribution in [1.82, 2.24) is 5.32 Å². The van der Waals surface area contributed by atoms with E-state index < -0.39 is 0 Å². The van der Waals surface area contributed by atoms with Crippen molar-refractivity contribution >= 4 is 5.91 Å². The van der Waals surface area contributed by atoms with E-state index in [9.17, 15) is 4.79 Å². The zero-order valence-corrected chi connectivity index (χ0v) is 9.81. The fraction of sp³-hybridized carbons (Fsp3) is 0.727. The molecule has 0 rings (SSSR count). The molecule has 1 N–H and O–H groups in total. The van der Waals surface area contributed by atoms with Crippen LogP contribution in [0.3, 0.4) is 0 Å². The summed E-state index contributed by atoms with van der Waals surface area (Å²) in [6.45, 7) is 7.56. The van der Waals surface area contributed by atoms with Crippen LogP contribution in [0.15, 0.2) is 11.8 Å². The number of rotatable bonds is 5. The highest BCUT2D eigenvalue weighted by atomic mass is 16.5. The zero-order chi connectivity index (χ0) is 11.2. The maximum atomic E-state index is 11.0. The molecule has 0 fully saturated rings. The molecule has 0 saturated carbocycles. The Morgan fingerprint density at radius 3 is 2.36 bits per heavy atom. The maximum Gasteiger partial charge on any atom is 0.221 e. The Bertz CT molecular complexity index is 217. The molecule has 0 heterocycles. The molecule has 0 aliphatic rings. The second-order valence-electron chi connectivity index (χ2n) is 3.50. The van der Waals surface area contributed by atoms with Gasteiger partial charge in [0.05, 0.1) is 0 Å². The quantitative estimate of drug-likeness (QED) is 0.737. The van der Waals surface area contributed by atoms with Crippen LogP contribution in [0.2, 0.25) is 0 Å². The molecule has 0 saturated heterocycles. The number of amides is 1. The molecule has 0 spiro atoms. The fourth-order valence-electron chi connectivity index (χ4n) is 1.24. The van der Waals surface area contributed by atoms with Gasteiger partial charge >= 0.3 is 0 Å². The van der Waals surface area contributed by atoms with Crippen molar-refractivity contribution in [3.05, 3.63) is 11.8 Å². The van der Waals surface area contributed by atoms with Crippen molar-refractivity contribution in [3.63, 3.8) is 0 Å². The minimum atomic E-state index is -0.387. The first-order chi connectivity index (χ1) is 6.50. The Morgan fingerprint density at radius 2 is 2.07 bits per heavy atom. The van der Waals surface area contributed by atoms with Gasteiger partial charge in [-0.2, -0.15) is 0 Å². The minimum absolute atomic E-state index is 0.0542. The summed E-state index contributed by atoms with van der Waals surface area (Å²) in [5.74, 6) is -0.0542. The predicted molar refractivity (Wildman–Crippen MR) is 57.9 cm³/mol. The lowest BCUT2D eigenvalue weighted by molar-refractivity contribution is -0.119. The van der Waals surface area contributed by atoms with Gasteiger partial charge in [-0.15, -0.1) is 0 Å². The van der Waals surface area contributed by atoms with Gasteiger partial charge in [0.1, 0.15) is 5.60 Å². The summed E-state index contributed by atoms with van der Waals surface area (Å²) < 4.78 is 5.42. The molecule has 0 aliphatic carbocycles. The van der Waals surface area contributed by atoms with Crippen molar-refractivity contribution in [3.8, 4) is 0 Å². The van der Waals surface area contributed by atoms with Crippen molar-refractivity contribution in [1.29, 1.82) is 0 Å². The highest BCUT2D eigenvalue weighted by Gasteiger charge is 2.26. The Morgan fingerprint density at radius 1 is 1.50 bits per heavy atom. The lowest BCUT2D eigenvalue weighted by atomic mass is 9.97. The van der Waals surface area contributed by atoms with E-state index in [1.165, 1.54) is 6.92 Å². The molecule has 0 aromatic heterocycles. The van der Waals surface area contributed by atoms with Gasteiger partial charge in [0, 0.05) is 19.7 Å². The van der Waals surface area contributed by atoms with Crippen LogP contribution in [0.4, 0.5) is 0 Å². The lowest BCUT2D eigenvalue weighted by Crippen LogP contribution is -2.38. The second-order valence-corrected chi connectivity index (χ2v) is 3.50. The molecule has 1 atom stereocenters. The van der Waals surface area contributed by atoms with Gasteiger partial charge in [-0.05, 0) is 19.8 Å². The van der Waals surface area contributed by atoms with Gasteiger partial charge in [-0.3, -0.25) is 4.79 Å². The van der Waals surface area contributed by atoms with Crippen LogP contribution in [0.1, 0.15) is 40.5 Å². The topological polar surface area (TPSA) is 38.3 Å². The number of carbonyl (C=O) groups excluding carboxylic acids is 1. The maximum absolute atomic E-state index is 11.0. The minimum Gasteiger partial charge on any atom is -0.372 e. The highest BCUT2D eigenvalue weighted by Crippen LogP contribution is 2.22. The number of allylic oxidation sites excluding steroid dienone is 1. The van der Waals surface area contributed by atoms with E-state index in [1.807, 2.05) is 26.8 Å². The van der Waals surface area contributed by atoms with E-state index in [1.54, 1.807) is 7.11 Å². The predicted octanol–water partition coefficient (Wildman–Crippen LogP) is 2.23. The number of hydrogen-bond donors (Lipinski definition) is 1. The van der Waals surface area contributed by atoms with Crippen LogP contribution in [0, 0.1) is 0 Å². The van der Waals surface area contributed by atoms with Gasteiger partial charge in [0.25, 0.3) is 0 Å². The van der Waals surface area contributed by atoms with Crippen LogP contribution >= 0.6 is 0 Å². The summed E-state index contributed by atoms with van der Waals surface area (Å²) in [6.07, 6.45) is 3.71. The van der Waals surface area contributed by atoms with Gasteiger partial charge in [0.15, 0.2) is 0 Å². The average Bonchev–Trinajstić information content (AvgIpc) is 2.15. The van der Waals surface area contributed by atoms with E-state index in [2.05, 4.69) is 5.32 Å². The Kier molecular flexibility index (Phi) is 5.46. The van der Waals surface area contributed by atoms with Crippen LogP contribution in [0.5, 0.6) is 0 Å². The average molecular weight is 199 g/mol. The Balaban J connectivity index is 4.79. The van der Waals surface area contributed by atoms with Crippen molar-refractivity contribution < 1.29 is 9.53 Å². The van der Waals surface area contributed by atoms with Gasteiger partial charge in [-0.25, -0.2) is 0 Å². The van der Waals surface area contributed by atoms with E-state index in [0.717, 1.165) is 18.5 Å². The van der Waals surface area contributed by atoms with E-state index in [0.29, 0.717) is 0 Å². The first-order valence-electron chi connectivity index (χ1n) is 5.03. The Hall–Kier alpha value is -0.830. The molecule has 0 aliphatic heterocycles. The SMILES string of the molecule is CCC=C(NC(C)=O)C(C)(CC)OC. The summed E-state index contributed by atoms with van der Waals surface area (Å²) in [6, 6.07) is 0. The third kappa shape index (κ3) is 3.50. The Labute approximate surface area is 86.5 Å². The molecule has 82 valence electrons. The smallest absolute Gasteiger partial charge is 0.221 e. The first-order valence-corrected chi connectivity index (χ1v) is 5.03. The number of carbonyl (C=O) groups is 1. The van der Waals surface area contributed by atoms with E-state index >= 15 is 0 Å². The van der Waals surface area contributed by atoms with Gasteiger partial charge in [-0.1, -0.05) is 19.9 Å². The van der Waals surface area contributed by atoms with Crippen LogP contribution in [-0.4, -0.2) is 18.6 Å². The van der Waals surface area contributed by atoms with Crippen LogP contribution in [0.25, 0.3) is 0 Å². The van der Waals surface area contributed by atoms with Crippen molar-refractivity contribution in [2.75, 3.05) is 7.11 Å². The molecular formula is C11H21NO2. The van der Waals surface area contributed by atoms with E-state index in [-0.39, 0.29) is 11.5 Å². The summed E-state index contributed by atoms with van der Waals surface area (Å²) in [7, 11) is 1.66. The van der Waals surface area contributed by atoms with Crippen LogP contribution < -0.4 is 5.32 Å². The summed E-state index contributed by atoms with van der Waals surface area (Å²) in [5, 5.41) is 2.82. The fourth-order valence-corrected chi connectivity index (χ4v) is 1.24. The largest absolute Gasteiger partial charge is 0.372 e. The molecule has 3 heteroatoms. The number of methoxy groups -OCH3 is 1. The molecule has 0 aromatic carbocycles. The molecule has 1 unspecified atom stereocenters. The summed E-state index contributed by atoms with van der Waals surface area (Å²) >= 11 is 0. The number of nitrogens with one attached hydrogen (secondary N) is 1. The van der Waals surface area contributed by atoms with E-state index in [4.69, 9.17) is 4.74 Å². The number of ether oxygens (including phenoxy) is 1. The summed E-state index contributed by atoms with van der Waals surface area (Å²) in [5.41, 5.74) is 0.472. The zero-order valence-electron chi connectivity index (χ0n) is 9.81. The normalized spacial score (nSPS) is 16.2. The van der Waals surface area contributed by atoms with Crippen molar-refractivity contribution in [2.24, 2.45) is 0 Å². The first kappa shape index (κ1) is 13.2. The molecule has 0 aromatic rings.